The van der Waals surface area contributed by atoms with Crippen molar-refractivity contribution in [1.29, 1.82) is 0 Å². The third kappa shape index (κ3) is 5.98. The van der Waals surface area contributed by atoms with E-state index in [1.165, 1.54) is 30.6 Å². The molecule has 2 amide bonds. The lowest BCUT2D eigenvalue weighted by Gasteiger charge is -2.12. The molecule has 0 bridgehead atoms. The lowest BCUT2D eigenvalue weighted by molar-refractivity contribution is 0.251. The summed E-state index contributed by atoms with van der Waals surface area (Å²) in [6.45, 7) is 6.48. The number of thiazole rings is 1. The highest BCUT2D eigenvalue weighted by molar-refractivity contribution is 7.86. The number of anilines is 2. The highest BCUT2D eigenvalue weighted by Gasteiger charge is 2.17. The molecule has 1 heterocycles. The summed E-state index contributed by atoms with van der Waals surface area (Å²) in [5.41, 5.74) is 2.16. The van der Waals surface area contributed by atoms with Gasteiger partial charge in [-0.2, -0.15) is 0 Å². The van der Waals surface area contributed by atoms with Gasteiger partial charge in [0.15, 0.2) is 16.1 Å². The number of amides is 2. The third-order valence-corrected chi connectivity index (χ3v) is 6.65. The first-order valence-electron chi connectivity index (χ1n) is 9.95. The molecule has 0 saturated heterocycles. The monoisotopic (exact) mass is 474 g/mol. The summed E-state index contributed by atoms with van der Waals surface area (Å²) >= 11 is 1.34. The van der Waals surface area contributed by atoms with Crippen LogP contribution in [-0.4, -0.2) is 34.0 Å². The van der Waals surface area contributed by atoms with Crippen molar-refractivity contribution >= 4 is 39.2 Å². The average Bonchev–Trinajstić information content (AvgIpc) is 3.13. The number of nitrogens with one attached hydrogen (secondary N) is 3. The van der Waals surface area contributed by atoms with Gasteiger partial charge in [0, 0.05) is 12.2 Å². The summed E-state index contributed by atoms with van der Waals surface area (Å²) in [4.78, 5) is 17.8. The molecule has 0 aliphatic carbocycles. The molecule has 10 heteroatoms. The number of ether oxygens (including phenoxy) is 1. The molecule has 0 aliphatic heterocycles. The number of aromatic nitrogens is 1. The molecule has 1 unspecified atom stereocenters. The number of urea groups is 1. The second-order valence-corrected chi connectivity index (χ2v) is 9.63. The van der Waals surface area contributed by atoms with Crippen LogP contribution in [0.1, 0.15) is 19.5 Å². The van der Waals surface area contributed by atoms with Crippen molar-refractivity contribution in [3.8, 4) is 21.9 Å². The molecule has 0 fully saturated rings. The molecule has 170 valence electrons. The number of phenols is 1. The standard InChI is InChI=1S/C22H26N4O4S2/c1-13(2)12-23-21(28)25-22-24-14(3)20(31-22)15-5-10-18(30-4)19(11-15)32(29)26-16-6-8-17(27)9-7-16/h5-11,13,26-27H,12H2,1-4H3,(H2,23,24,25,28). The van der Waals surface area contributed by atoms with Crippen LogP contribution < -0.4 is 20.1 Å². The summed E-state index contributed by atoms with van der Waals surface area (Å²) < 4.78 is 21.3. The highest BCUT2D eigenvalue weighted by atomic mass is 32.2. The fraction of sp³-hybridized carbons (Fsp3) is 0.273. The maximum absolute atomic E-state index is 13.0. The summed E-state index contributed by atoms with van der Waals surface area (Å²) in [7, 11) is -0.0850. The molecule has 1 atom stereocenters. The smallest absolute Gasteiger partial charge is 0.321 e. The minimum atomic E-state index is -1.60. The van der Waals surface area contributed by atoms with Gasteiger partial charge in [0.1, 0.15) is 16.4 Å². The summed E-state index contributed by atoms with van der Waals surface area (Å²) in [6.07, 6.45) is 0. The zero-order valence-electron chi connectivity index (χ0n) is 18.3. The number of nitrogens with zero attached hydrogens (tertiary/aromatic N) is 1. The van der Waals surface area contributed by atoms with E-state index in [-0.39, 0.29) is 11.8 Å². The molecule has 0 spiro atoms. The van der Waals surface area contributed by atoms with Gasteiger partial charge >= 0.3 is 6.03 Å². The van der Waals surface area contributed by atoms with Gasteiger partial charge in [-0.25, -0.2) is 14.0 Å². The average molecular weight is 475 g/mol. The van der Waals surface area contributed by atoms with E-state index in [0.717, 1.165) is 16.1 Å². The Balaban J connectivity index is 1.83. The Hall–Kier alpha value is -3.11. The minimum Gasteiger partial charge on any atom is -0.508 e. The topological polar surface area (TPSA) is 113 Å². The van der Waals surface area contributed by atoms with E-state index in [2.05, 4.69) is 20.3 Å². The Morgan fingerprint density at radius 2 is 1.94 bits per heavy atom. The van der Waals surface area contributed by atoms with Crippen molar-refractivity contribution in [2.75, 3.05) is 23.7 Å². The van der Waals surface area contributed by atoms with Crippen molar-refractivity contribution in [1.82, 2.24) is 10.3 Å². The fourth-order valence-electron chi connectivity index (χ4n) is 2.81. The second kappa shape index (κ2) is 10.5. The zero-order valence-corrected chi connectivity index (χ0v) is 19.9. The zero-order chi connectivity index (χ0) is 23.3. The van der Waals surface area contributed by atoms with E-state index in [0.29, 0.717) is 33.9 Å². The predicted molar refractivity (Wildman–Crippen MR) is 129 cm³/mol. The van der Waals surface area contributed by atoms with Gasteiger partial charge in [-0.05, 0) is 60.9 Å². The van der Waals surface area contributed by atoms with E-state index < -0.39 is 11.0 Å². The van der Waals surface area contributed by atoms with E-state index in [1.54, 1.807) is 24.3 Å². The number of phenolic OH excluding ortho intramolecular Hbond substituents is 1. The lowest BCUT2D eigenvalue weighted by atomic mass is 10.1. The van der Waals surface area contributed by atoms with Gasteiger partial charge in [-0.3, -0.25) is 5.32 Å². The Bertz CT molecular complexity index is 1110. The molecule has 32 heavy (non-hydrogen) atoms. The van der Waals surface area contributed by atoms with E-state index in [1.807, 2.05) is 26.8 Å². The van der Waals surface area contributed by atoms with Crippen LogP contribution >= 0.6 is 11.3 Å². The molecule has 8 nitrogen and oxygen atoms in total. The van der Waals surface area contributed by atoms with Gasteiger partial charge < -0.3 is 19.9 Å². The van der Waals surface area contributed by atoms with Gasteiger partial charge in [0.05, 0.1) is 17.7 Å². The number of aromatic hydroxyl groups is 1. The van der Waals surface area contributed by atoms with Gasteiger partial charge in [-0.15, -0.1) is 0 Å². The largest absolute Gasteiger partial charge is 0.508 e. The van der Waals surface area contributed by atoms with E-state index >= 15 is 0 Å². The van der Waals surface area contributed by atoms with Crippen LogP contribution in [0.15, 0.2) is 47.4 Å². The van der Waals surface area contributed by atoms with Crippen LogP contribution in [0.25, 0.3) is 10.4 Å². The lowest BCUT2D eigenvalue weighted by Crippen LogP contribution is -2.31. The maximum Gasteiger partial charge on any atom is 0.321 e. The first kappa shape index (κ1) is 23.6. The normalized spacial score (nSPS) is 11.8. The molecule has 0 aliphatic rings. The summed E-state index contributed by atoms with van der Waals surface area (Å²) in [5.74, 6) is 0.957. The summed E-state index contributed by atoms with van der Waals surface area (Å²) in [6, 6.07) is 11.4. The van der Waals surface area contributed by atoms with Crippen molar-refractivity contribution in [3.05, 3.63) is 48.2 Å². The molecular formula is C22H26N4O4S2. The SMILES string of the molecule is COc1ccc(-c2sc(NC(=O)NCC(C)C)nc2C)cc1S(=O)Nc1ccc(O)cc1. The van der Waals surface area contributed by atoms with Gasteiger partial charge in [-0.1, -0.05) is 25.2 Å². The Morgan fingerprint density at radius 3 is 2.59 bits per heavy atom. The number of carbonyl (C=O) groups is 1. The molecule has 3 rings (SSSR count). The van der Waals surface area contributed by atoms with Crippen LogP contribution in [0.4, 0.5) is 15.6 Å². The first-order chi connectivity index (χ1) is 15.3. The van der Waals surface area contributed by atoms with Crippen molar-refractivity contribution in [2.45, 2.75) is 25.7 Å². The van der Waals surface area contributed by atoms with Gasteiger partial charge in [0.25, 0.3) is 0 Å². The van der Waals surface area contributed by atoms with Crippen LogP contribution in [0.3, 0.4) is 0 Å². The van der Waals surface area contributed by atoms with Crippen LogP contribution in [-0.2, 0) is 11.0 Å². The second-order valence-electron chi connectivity index (χ2n) is 7.45. The van der Waals surface area contributed by atoms with E-state index in [9.17, 15) is 14.1 Å². The Labute approximate surface area is 193 Å². The first-order valence-corrected chi connectivity index (χ1v) is 11.9. The Morgan fingerprint density at radius 1 is 1.22 bits per heavy atom. The predicted octanol–water partition coefficient (Wildman–Crippen LogP) is 4.74. The van der Waals surface area contributed by atoms with Crippen molar-refractivity contribution in [3.63, 3.8) is 0 Å². The third-order valence-electron chi connectivity index (χ3n) is 4.39. The molecule has 2 aromatic carbocycles. The molecular weight excluding hydrogens is 448 g/mol. The number of hydrogen-bond donors (Lipinski definition) is 4. The highest BCUT2D eigenvalue weighted by Crippen LogP contribution is 2.36. The Kier molecular flexibility index (Phi) is 7.70. The van der Waals surface area contributed by atoms with Crippen LogP contribution in [0.2, 0.25) is 0 Å². The number of rotatable bonds is 8. The molecule has 4 N–H and O–H groups in total. The molecule has 0 radical (unpaired) electrons. The van der Waals surface area contributed by atoms with Crippen molar-refractivity contribution in [2.24, 2.45) is 5.92 Å². The number of carbonyl (C=O) groups excluding carboxylic acids is 1. The fourth-order valence-corrected chi connectivity index (χ4v) is 4.80. The minimum absolute atomic E-state index is 0.129. The molecule has 1 aromatic heterocycles. The van der Waals surface area contributed by atoms with Gasteiger partial charge in [0.2, 0.25) is 0 Å². The quantitative estimate of drug-likeness (QED) is 0.352. The molecule has 0 saturated carbocycles. The van der Waals surface area contributed by atoms with Crippen LogP contribution in [0.5, 0.6) is 11.5 Å². The van der Waals surface area contributed by atoms with Crippen LogP contribution in [0, 0.1) is 12.8 Å². The number of benzene rings is 2. The number of methoxy groups -OCH3 is 1. The number of hydrogen-bond acceptors (Lipinski definition) is 6. The summed E-state index contributed by atoms with van der Waals surface area (Å²) in [5, 5.41) is 15.5. The maximum atomic E-state index is 13.0. The van der Waals surface area contributed by atoms with Crippen molar-refractivity contribution < 1.29 is 18.8 Å². The number of aryl methyl sites for hydroxylation is 1. The molecule has 3 aromatic rings. The van der Waals surface area contributed by atoms with E-state index in [4.69, 9.17) is 4.74 Å².